The fourth-order valence-electron chi connectivity index (χ4n) is 9.33. The number of hydrogen-bond donors (Lipinski definition) is 11. The van der Waals surface area contributed by atoms with Crippen LogP contribution in [0.25, 0.3) is 0 Å². The Morgan fingerprint density at radius 2 is 0.989 bits per heavy atom. The first-order valence-corrected chi connectivity index (χ1v) is 30.1. The van der Waals surface area contributed by atoms with Crippen LogP contribution >= 0.6 is 0 Å². The second-order valence-corrected chi connectivity index (χ2v) is 21.5. The van der Waals surface area contributed by atoms with Crippen molar-refractivity contribution in [2.24, 2.45) is 31.2 Å². The number of carbonyl (C=O) groups is 3. The number of benzene rings is 7. The van der Waals surface area contributed by atoms with Gasteiger partial charge in [0.05, 0.1) is 94.5 Å². The van der Waals surface area contributed by atoms with Crippen LogP contribution in [0.15, 0.2) is 194 Å². The number of aliphatic imine (C=N–C) groups is 1. The molecule has 93 heavy (non-hydrogen) atoms. The van der Waals surface area contributed by atoms with Crippen molar-refractivity contribution >= 4 is 91.3 Å². The molecule has 9 rings (SSSR count). The zero-order chi connectivity index (χ0) is 67.6. The summed E-state index contributed by atoms with van der Waals surface area (Å²) >= 11 is 0. The van der Waals surface area contributed by atoms with Crippen LogP contribution in [0.1, 0.15) is 76.6 Å². The molecule has 2 aliphatic carbocycles. The highest BCUT2D eigenvalue weighted by atomic mass is 16.6. The molecule has 7 aromatic carbocycles. The average molecular weight is 1270 g/mol. The summed E-state index contributed by atoms with van der Waals surface area (Å²) in [5, 5.41) is 89.4. The topological polar surface area (TPSA) is 386 Å². The number of aryl methyl sites for hydroxylation is 2. The highest BCUT2D eigenvalue weighted by molar-refractivity contribution is 6.32. The van der Waals surface area contributed by atoms with Crippen molar-refractivity contribution < 1.29 is 49.9 Å². The van der Waals surface area contributed by atoms with Crippen molar-refractivity contribution in [3.8, 4) is 0 Å². The summed E-state index contributed by atoms with van der Waals surface area (Å²) in [6, 6.07) is 41.9. The van der Waals surface area contributed by atoms with E-state index >= 15 is 0 Å². The van der Waals surface area contributed by atoms with Gasteiger partial charge in [0.15, 0.2) is 17.3 Å². The number of aliphatic hydroxyl groups excluding tert-OH is 6. The highest BCUT2D eigenvalue weighted by Gasteiger charge is 2.34. The Morgan fingerprint density at radius 3 is 1.41 bits per heavy atom. The van der Waals surface area contributed by atoms with Gasteiger partial charge in [-0.15, -0.1) is 0 Å². The van der Waals surface area contributed by atoms with Crippen LogP contribution in [-0.4, -0.2) is 137 Å². The van der Waals surface area contributed by atoms with Gasteiger partial charge in [-0.05, 0) is 166 Å². The molecule has 24 heteroatoms. The number of aliphatic hydroxyl groups is 6. The van der Waals surface area contributed by atoms with E-state index in [1.807, 2.05) is 74.2 Å². The zero-order valence-corrected chi connectivity index (χ0v) is 52.7. The lowest BCUT2D eigenvalue weighted by Gasteiger charge is -2.24. The number of nitro benzene ring substituents is 1. The maximum absolute atomic E-state index is 13.2. The van der Waals surface area contributed by atoms with Crippen LogP contribution in [0, 0.1) is 24.0 Å². The number of nitrogens with zero attached hydrogens (tertiary/aromatic N) is 8. The molecule has 0 amide bonds. The molecular formula is C69H81N13O11. The number of rotatable bonds is 24. The third-order valence-electron chi connectivity index (χ3n) is 14.5. The van der Waals surface area contributed by atoms with Crippen LogP contribution in [-0.2, 0) is 4.79 Å². The Balaban J connectivity index is 0.000000199. The molecule has 0 bridgehead atoms. The molecule has 14 N–H and O–H groups in total. The molecule has 0 fully saturated rings. The SMILES string of the molecule is CC1=CC(=Nc2ccc(N)cc2)C(N)=CC1=O.CCC(O)CNc1ccc(NCC(O)CO)c2c1C(=O)c1ccccc1C2=O.CCCN(CCO)c1ccc(N=Nc2ccc([N+](=O)[O-])cc2)c(C)c1.Cc1cc(N(CCO)CCO)ccc1N=Nc1ccc(N)cc1. The summed E-state index contributed by atoms with van der Waals surface area (Å²) in [5.74, 6) is -0.630. The first-order valence-electron chi connectivity index (χ1n) is 30.1. The van der Waals surface area contributed by atoms with Crippen molar-refractivity contribution in [3.05, 3.63) is 213 Å². The lowest BCUT2D eigenvalue weighted by Crippen LogP contribution is -2.29. The largest absolute Gasteiger partial charge is 0.399 e. The fourth-order valence-corrected chi connectivity index (χ4v) is 9.33. The molecule has 0 heterocycles. The minimum atomic E-state index is -0.991. The molecule has 0 aromatic heterocycles. The number of carbonyl (C=O) groups excluding carboxylic acids is 3. The monoisotopic (exact) mass is 1270 g/mol. The molecule has 0 saturated carbocycles. The quantitative estimate of drug-likeness (QED) is 0.00880. The van der Waals surface area contributed by atoms with Crippen LogP contribution in [0.4, 0.5) is 68.2 Å². The van der Waals surface area contributed by atoms with E-state index in [2.05, 4.69) is 47.9 Å². The molecule has 2 aliphatic rings. The number of nitrogens with one attached hydrogen (secondary N) is 2. The van der Waals surface area contributed by atoms with Crippen molar-refractivity contribution in [1.29, 1.82) is 0 Å². The molecule has 2 unspecified atom stereocenters. The van der Waals surface area contributed by atoms with Crippen molar-refractivity contribution in [3.63, 3.8) is 0 Å². The van der Waals surface area contributed by atoms with E-state index in [0.717, 1.165) is 58.2 Å². The van der Waals surface area contributed by atoms with Gasteiger partial charge >= 0.3 is 0 Å². The summed E-state index contributed by atoms with van der Waals surface area (Å²) < 4.78 is 0. The van der Waals surface area contributed by atoms with Crippen LogP contribution in [0.3, 0.4) is 0 Å². The maximum atomic E-state index is 13.2. The van der Waals surface area contributed by atoms with Crippen LogP contribution in [0.2, 0.25) is 0 Å². The number of nitrogens with two attached hydrogens (primary N) is 3. The molecule has 24 nitrogen and oxygen atoms in total. The van der Waals surface area contributed by atoms with E-state index in [0.29, 0.717) is 82.6 Å². The zero-order valence-electron chi connectivity index (χ0n) is 52.7. The molecule has 7 aromatic rings. The lowest BCUT2D eigenvalue weighted by atomic mass is 9.82. The number of anilines is 6. The van der Waals surface area contributed by atoms with Gasteiger partial charge in [-0.1, -0.05) is 38.1 Å². The standard InChI is InChI=1S/C21H24N2O5.C18H22N4O3.C17H22N4O2.C13H13N3O/c1-2-12(25)9-22-16-7-8-17(23-10-13(26)11-24)19-18(16)20(27)14-5-3-4-6-15(14)21(19)28;1-3-10-21(11-12-23)17-8-9-18(14(2)13-17)20-19-15-4-6-16(7-5-15)22(24)25;1-13-12-16(21(8-10-22)9-11-23)6-7-17(13)20-19-15-4-2-14(18)3-5-15;1-8-6-12(11(15)7-13(8)17)16-10-4-2-9(14)3-5-10/h3-8,12-13,22-26H,2,9-11H2,1H3;4-9,13,23H,3,10-12H2,1-2H3;2-7,12,22-23H,8-11,18H2,1H3;2-7H,14-15H2,1H3. The minimum absolute atomic E-state index is 0.0272. The molecule has 2 atom stereocenters. The van der Waals surface area contributed by atoms with E-state index in [1.54, 1.807) is 97.9 Å². The Morgan fingerprint density at radius 1 is 0.548 bits per heavy atom. The number of allylic oxidation sites excluding steroid dienone is 3. The predicted molar refractivity (Wildman–Crippen MR) is 366 cm³/mol. The Kier molecular flexibility index (Phi) is 27.7. The van der Waals surface area contributed by atoms with E-state index in [4.69, 9.17) is 32.5 Å². The van der Waals surface area contributed by atoms with E-state index in [-0.39, 0.29) is 67.1 Å². The van der Waals surface area contributed by atoms with Gasteiger partial charge in [-0.2, -0.15) is 20.5 Å². The van der Waals surface area contributed by atoms with Crippen LogP contribution < -0.4 is 37.6 Å². The summed E-state index contributed by atoms with van der Waals surface area (Å²) in [6.45, 7) is 12.1. The summed E-state index contributed by atoms with van der Waals surface area (Å²) in [4.78, 5) is 56.3. The summed E-state index contributed by atoms with van der Waals surface area (Å²) in [7, 11) is 0. The van der Waals surface area contributed by atoms with Gasteiger partial charge in [-0.25, -0.2) is 4.99 Å². The van der Waals surface area contributed by atoms with Gasteiger partial charge in [-0.3, -0.25) is 24.5 Å². The van der Waals surface area contributed by atoms with Gasteiger partial charge in [0.1, 0.15) is 0 Å². The number of hydrogen-bond acceptors (Lipinski definition) is 23. The van der Waals surface area contributed by atoms with Gasteiger partial charge in [0.2, 0.25) is 0 Å². The third kappa shape index (κ3) is 20.8. The first kappa shape index (κ1) is 71.7. The maximum Gasteiger partial charge on any atom is 0.269 e. The number of nitrogen functional groups attached to an aromatic ring is 2. The fraction of sp³-hybridized carbons (Fsp3) is 0.275. The van der Waals surface area contributed by atoms with Crippen molar-refractivity contribution in [1.82, 2.24) is 0 Å². The third-order valence-corrected chi connectivity index (χ3v) is 14.5. The summed E-state index contributed by atoms with van der Waals surface area (Å²) in [6.07, 6.45) is 3.08. The molecule has 0 radical (unpaired) electrons. The number of ketones is 3. The average Bonchev–Trinajstić information content (AvgIpc) is 0.746. The molecular weight excluding hydrogens is 1190 g/mol. The van der Waals surface area contributed by atoms with E-state index in [9.17, 15) is 39.8 Å². The van der Waals surface area contributed by atoms with E-state index in [1.165, 1.54) is 18.2 Å². The normalized spacial score (nSPS) is 13.5. The smallest absolute Gasteiger partial charge is 0.269 e. The molecule has 0 spiro atoms. The van der Waals surface area contributed by atoms with Crippen LogP contribution in [0.5, 0.6) is 0 Å². The van der Waals surface area contributed by atoms with Gasteiger partial charge in [0, 0.05) is 103 Å². The minimum Gasteiger partial charge on any atom is -0.399 e. The number of azo groups is 2. The van der Waals surface area contributed by atoms with Gasteiger partial charge in [0.25, 0.3) is 5.69 Å². The number of fused-ring (bicyclic) bond motifs is 2. The predicted octanol–water partition coefficient (Wildman–Crippen LogP) is 10.4. The second kappa shape index (κ2) is 35.9. The Labute approximate surface area is 540 Å². The van der Waals surface area contributed by atoms with Crippen molar-refractivity contribution in [2.45, 2.75) is 59.7 Å². The molecule has 488 valence electrons. The van der Waals surface area contributed by atoms with Crippen molar-refractivity contribution in [2.75, 3.05) is 97.6 Å². The Bertz CT molecular complexity index is 3750. The number of non-ortho nitro benzene ring substituents is 1. The molecule has 0 saturated heterocycles. The molecule has 0 aliphatic heterocycles. The van der Waals surface area contributed by atoms with E-state index < -0.39 is 23.7 Å². The Hall–Kier alpha value is -10.3. The second-order valence-electron chi connectivity index (χ2n) is 21.5. The first-order chi connectivity index (χ1) is 44.7. The summed E-state index contributed by atoms with van der Waals surface area (Å²) in [5.41, 5.74) is 29.5. The lowest BCUT2D eigenvalue weighted by molar-refractivity contribution is -0.384. The highest BCUT2D eigenvalue weighted by Crippen LogP contribution is 2.37. The van der Waals surface area contributed by atoms with Gasteiger partial charge < -0.3 is 68.3 Å². The number of nitro groups is 1.